The SMILES string of the molecule is CC(C)(C)c1ccc(-c2ccc(N(c3ccccc3)c3cc4oc5cc6c(cc5c4c4c3oc3ccccc34)oc3cc(N(c4ccccc4)c4ccc(-c5ccc(C(C)(C)C)c7ccccc57)cc4)c4oc5ccccc5c4c36)cc2)c2ccccc12. The van der Waals surface area contributed by atoms with Crippen LogP contribution in [0.5, 0.6) is 0 Å². The van der Waals surface area contributed by atoms with Gasteiger partial charge in [-0.05, 0) is 139 Å². The Morgan fingerprint density at radius 1 is 0.250 bits per heavy atom. The van der Waals surface area contributed by atoms with Crippen molar-refractivity contribution in [1.29, 1.82) is 0 Å². The average molecular weight is 1140 g/mol. The fourth-order valence-corrected chi connectivity index (χ4v) is 14.1. The van der Waals surface area contributed by atoms with E-state index in [1.807, 2.05) is 12.1 Å². The van der Waals surface area contributed by atoms with Gasteiger partial charge in [-0.25, -0.2) is 0 Å². The Morgan fingerprint density at radius 3 is 0.977 bits per heavy atom. The van der Waals surface area contributed by atoms with Gasteiger partial charge in [0.05, 0.1) is 11.4 Å². The predicted octanol–water partition coefficient (Wildman–Crippen LogP) is 24.5. The van der Waals surface area contributed by atoms with Gasteiger partial charge >= 0.3 is 0 Å². The Morgan fingerprint density at radius 2 is 0.591 bits per heavy atom. The van der Waals surface area contributed by atoms with Crippen LogP contribution in [0.3, 0.4) is 0 Å². The highest BCUT2D eigenvalue weighted by atomic mass is 16.3. The molecule has 0 N–H and O–H groups in total. The molecular formula is C82H60N2O4. The second kappa shape index (κ2) is 19.3. The Hall–Kier alpha value is -10.8. The van der Waals surface area contributed by atoms with Crippen molar-refractivity contribution in [3.05, 3.63) is 266 Å². The second-order valence-corrected chi connectivity index (χ2v) is 25.5. The number of nitrogens with zero attached hydrogens (tertiary/aromatic N) is 2. The largest absolute Gasteiger partial charge is 0.456 e. The molecule has 0 aliphatic heterocycles. The first kappa shape index (κ1) is 51.6. The molecule has 0 unspecified atom stereocenters. The van der Waals surface area contributed by atoms with Crippen molar-refractivity contribution in [3.63, 3.8) is 0 Å². The van der Waals surface area contributed by atoms with Crippen molar-refractivity contribution in [2.45, 2.75) is 52.4 Å². The lowest BCUT2D eigenvalue weighted by molar-refractivity contribution is 0.595. The number of hydrogen-bond donors (Lipinski definition) is 0. The molecule has 13 aromatic carbocycles. The molecule has 17 rings (SSSR count). The van der Waals surface area contributed by atoms with Crippen LogP contribution >= 0.6 is 0 Å². The zero-order chi connectivity index (χ0) is 59.2. The molecule has 4 aromatic heterocycles. The van der Waals surface area contributed by atoms with Gasteiger partial charge < -0.3 is 27.5 Å². The normalized spacial score (nSPS) is 12.4. The Bertz CT molecular complexity index is 5280. The standard InChI is InChI=1S/C82H60N2O4/c1-81(2,3)65-43-41-55(57-25-13-15-27-59(57)65)49-33-37-53(38-34-49)83(51-21-9-7-10-22-51)67-47-73-75(77-61-29-17-19-31-69(61)87-79(67)77)63-45-72-64(46-71(63)85-73)76-74(86-72)48-68(80-78(76)62-30-18-20-32-70(62)88-80)84(52-23-11-8-12-24-52)54-39-35-50(36-40-54)56-42-44-66(82(4,5)6)60-28-16-14-26-58(56)60/h7-48H,1-6H3. The zero-order valence-corrected chi connectivity index (χ0v) is 49.8. The molecule has 0 spiro atoms. The first-order valence-electron chi connectivity index (χ1n) is 30.4. The Labute approximate surface area is 508 Å². The molecule has 6 nitrogen and oxygen atoms in total. The van der Waals surface area contributed by atoms with Crippen LogP contribution in [0, 0.1) is 0 Å². The molecule has 0 atom stereocenters. The number of hydrogen-bond acceptors (Lipinski definition) is 6. The quantitative estimate of drug-likeness (QED) is 0.151. The number of benzene rings is 13. The van der Waals surface area contributed by atoms with Crippen molar-refractivity contribution >= 4 is 143 Å². The molecule has 0 aliphatic carbocycles. The average Bonchev–Trinajstić information content (AvgIpc) is 1.56. The van der Waals surface area contributed by atoms with Crippen molar-refractivity contribution < 1.29 is 17.7 Å². The molecule has 0 saturated heterocycles. The summed E-state index contributed by atoms with van der Waals surface area (Å²) in [7, 11) is 0. The van der Waals surface area contributed by atoms with Gasteiger partial charge in [0.25, 0.3) is 0 Å². The topological polar surface area (TPSA) is 59.0 Å². The lowest BCUT2D eigenvalue weighted by Crippen LogP contribution is -2.11. The molecule has 0 amide bonds. The van der Waals surface area contributed by atoms with Gasteiger partial charge in [-0.15, -0.1) is 0 Å². The van der Waals surface area contributed by atoms with Gasteiger partial charge in [-0.3, -0.25) is 0 Å². The van der Waals surface area contributed by atoms with Crippen LogP contribution in [0.4, 0.5) is 34.1 Å². The fourth-order valence-electron chi connectivity index (χ4n) is 14.1. The van der Waals surface area contributed by atoms with E-state index >= 15 is 0 Å². The Kier molecular flexibility index (Phi) is 11.3. The molecule has 0 radical (unpaired) electrons. The number of para-hydroxylation sites is 4. The fraction of sp³-hybridized carbons (Fsp3) is 0.0976. The van der Waals surface area contributed by atoms with E-state index in [1.165, 1.54) is 43.8 Å². The van der Waals surface area contributed by atoms with E-state index in [4.69, 9.17) is 17.7 Å². The summed E-state index contributed by atoms with van der Waals surface area (Å²) in [6, 6.07) is 91.0. The van der Waals surface area contributed by atoms with E-state index in [0.29, 0.717) is 0 Å². The van der Waals surface area contributed by atoms with Gasteiger partial charge in [0.15, 0.2) is 11.2 Å². The van der Waals surface area contributed by atoms with Gasteiger partial charge in [-0.2, -0.15) is 0 Å². The number of anilines is 6. The lowest BCUT2D eigenvalue weighted by Gasteiger charge is -2.26. The maximum absolute atomic E-state index is 7.22. The van der Waals surface area contributed by atoms with Crippen LogP contribution < -0.4 is 9.80 Å². The van der Waals surface area contributed by atoms with Crippen molar-refractivity contribution in [1.82, 2.24) is 0 Å². The molecule has 0 bridgehead atoms. The van der Waals surface area contributed by atoms with Crippen LogP contribution in [-0.2, 0) is 10.8 Å². The summed E-state index contributed by atoms with van der Waals surface area (Å²) in [5.41, 5.74) is 19.2. The lowest BCUT2D eigenvalue weighted by atomic mass is 9.82. The summed E-state index contributed by atoms with van der Waals surface area (Å²) in [6.45, 7) is 13.7. The minimum Gasteiger partial charge on any atom is -0.456 e. The third kappa shape index (κ3) is 8.02. The highest BCUT2D eigenvalue weighted by Gasteiger charge is 2.29. The molecule has 422 valence electrons. The van der Waals surface area contributed by atoms with Crippen LogP contribution in [0.2, 0.25) is 0 Å². The predicted molar refractivity (Wildman–Crippen MR) is 368 cm³/mol. The summed E-state index contributed by atoms with van der Waals surface area (Å²) < 4.78 is 28.6. The molecule has 6 heteroatoms. The van der Waals surface area contributed by atoms with E-state index in [2.05, 4.69) is 294 Å². The number of fused-ring (bicyclic) bond motifs is 16. The molecule has 0 fully saturated rings. The smallest absolute Gasteiger partial charge is 0.160 e. The van der Waals surface area contributed by atoms with Crippen molar-refractivity contribution in [3.8, 4) is 22.3 Å². The highest BCUT2D eigenvalue weighted by Crippen LogP contribution is 2.52. The van der Waals surface area contributed by atoms with Gasteiger partial charge in [0, 0.05) is 78.0 Å². The maximum Gasteiger partial charge on any atom is 0.160 e. The number of furan rings is 4. The zero-order valence-electron chi connectivity index (χ0n) is 49.8. The van der Waals surface area contributed by atoms with Crippen LogP contribution in [0.1, 0.15) is 52.7 Å². The van der Waals surface area contributed by atoms with E-state index in [-0.39, 0.29) is 10.8 Å². The second-order valence-electron chi connectivity index (χ2n) is 25.5. The molecule has 4 heterocycles. The van der Waals surface area contributed by atoms with Gasteiger partial charge in [0.1, 0.15) is 33.5 Å². The first-order chi connectivity index (χ1) is 42.9. The Balaban J connectivity index is 0.842. The van der Waals surface area contributed by atoms with Crippen molar-refractivity contribution in [2.24, 2.45) is 0 Å². The van der Waals surface area contributed by atoms with E-state index in [0.717, 1.165) is 133 Å². The minimum atomic E-state index is 0.00695. The summed E-state index contributed by atoms with van der Waals surface area (Å²) in [6.07, 6.45) is 0. The minimum absolute atomic E-state index is 0.00695. The summed E-state index contributed by atoms with van der Waals surface area (Å²) in [4.78, 5) is 4.58. The summed E-state index contributed by atoms with van der Waals surface area (Å²) >= 11 is 0. The number of rotatable bonds is 8. The molecule has 0 saturated carbocycles. The third-order valence-electron chi connectivity index (χ3n) is 18.1. The van der Waals surface area contributed by atoms with Crippen LogP contribution in [-0.4, -0.2) is 0 Å². The molecule has 17 aromatic rings. The summed E-state index contributed by atoms with van der Waals surface area (Å²) in [5, 5.41) is 12.8. The van der Waals surface area contributed by atoms with Crippen LogP contribution in [0.15, 0.2) is 272 Å². The molecule has 88 heavy (non-hydrogen) atoms. The molecule has 0 aliphatic rings. The van der Waals surface area contributed by atoms with Gasteiger partial charge in [0.2, 0.25) is 0 Å². The maximum atomic E-state index is 7.22. The van der Waals surface area contributed by atoms with E-state index < -0.39 is 0 Å². The van der Waals surface area contributed by atoms with E-state index in [9.17, 15) is 0 Å². The summed E-state index contributed by atoms with van der Waals surface area (Å²) in [5.74, 6) is 0. The van der Waals surface area contributed by atoms with Gasteiger partial charge in [-0.1, -0.05) is 211 Å². The van der Waals surface area contributed by atoms with Crippen molar-refractivity contribution in [2.75, 3.05) is 9.80 Å². The first-order valence-corrected chi connectivity index (χ1v) is 30.4. The van der Waals surface area contributed by atoms with Crippen LogP contribution in [0.25, 0.3) is 132 Å². The monoisotopic (exact) mass is 1140 g/mol. The van der Waals surface area contributed by atoms with E-state index in [1.54, 1.807) is 0 Å². The molecular weight excluding hydrogens is 1080 g/mol. The highest BCUT2D eigenvalue weighted by molar-refractivity contribution is 6.33. The third-order valence-corrected chi connectivity index (χ3v) is 18.1.